The molecule has 0 unspecified atom stereocenters. The van der Waals surface area contributed by atoms with Crippen molar-refractivity contribution in [3.8, 4) is 0 Å². The first-order chi connectivity index (χ1) is 7.24. The maximum Gasteiger partial charge on any atom is -0.00746 e. The Morgan fingerprint density at radius 2 is 1.60 bits per heavy atom. The van der Waals surface area contributed by atoms with Crippen LogP contribution in [0.4, 0.5) is 0 Å². The Morgan fingerprint density at radius 1 is 0.867 bits per heavy atom. The van der Waals surface area contributed by atoms with E-state index in [1.807, 2.05) is 0 Å². The molecule has 0 fully saturated rings. The molecule has 0 aliphatic heterocycles. The van der Waals surface area contributed by atoms with Crippen LogP contribution in [0.25, 0.3) is 0 Å². The van der Waals surface area contributed by atoms with E-state index in [2.05, 4.69) is 20.8 Å². The van der Waals surface area contributed by atoms with Crippen molar-refractivity contribution in [1.82, 2.24) is 0 Å². The summed E-state index contributed by atoms with van der Waals surface area (Å²) in [6.07, 6.45) is 10.9. The van der Waals surface area contributed by atoms with Crippen molar-refractivity contribution in [2.45, 2.75) is 72.1 Å². The second-order valence-electron chi connectivity index (χ2n) is 5.06. The van der Waals surface area contributed by atoms with E-state index in [4.69, 9.17) is 5.73 Å². The van der Waals surface area contributed by atoms with Crippen molar-refractivity contribution in [2.75, 3.05) is 6.54 Å². The highest BCUT2D eigenvalue weighted by Gasteiger charge is 2.09. The molecule has 15 heavy (non-hydrogen) atoms. The van der Waals surface area contributed by atoms with Gasteiger partial charge in [-0.3, -0.25) is 0 Å². The summed E-state index contributed by atoms with van der Waals surface area (Å²) in [5, 5.41) is 0. The summed E-state index contributed by atoms with van der Waals surface area (Å²) < 4.78 is 0. The lowest BCUT2D eigenvalue weighted by Crippen LogP contribution is -2.10. The second kappa shape index (κ2) is 10.5. The molecular weight excluding hydrogens is 182 g/mol. The molecule has 0 spiro atoms. The van der Waals surface area contributed by atoms with E-state index in [0.717, 1.165) is 18.4 Å². The van der Waals surface area contributed by atoms with Crippen LogP contribution in [-0.4, -0.2) is 6.54 Å². The zero-order valence-electron chi connectivity index (χ0n) is 11.1. The zero-order chi connectivity index (χ0) is 11.5. The standard InChI is InChI=1S/C14H31N/c1-4-6-8-14(11-12-15)10-9-13(3)7-5-2/h13-14H,4-12,15H2,1-3H3/t13-,14+/m0/s1. The van der Waals surface area contributed by atoms with Gasteiger partial charge >= 0.3 is 0 Å². The van der Waals surface area contributed by atoms with Gasteiger partial charge in [0.1, 0.15) is 0 Å². The highest BCUT2D eigenvalue weighted by atomic mass is 14.5. The first kappa shape index (κ1) is 15.0. The Morgan fingerprint density at radius 3 is 2.13 bits per heavy atom. The van der Waals surface area contributed by atoms with Gasteiger partial charge in [0.2, 0.25) is 0 Å². The Hall–Kier alpha value is -0.0400. The minimum Gasteiger partial charge on any atom is -0.330 e. The van der Waals surface area contributed by atoms with Crippen LogP contribution in [0, 0.1) is 11.8 Å². The Kier molecular flexibility index (Phi) is 10.4. The van der Waals surface area contributed by atoms with Crippen LogP contribution in [0.2, 0.25) is 0 Å². The van der Waals surface area contributed by atoms with Gasteiger partial charge in [-0.25, -0.2) is 0 Å². The number of hydrogen-bond acceptors (Lipinski definition) is 1. The average molecular weight is 213 g/mol. The molecule has 0 aromatic heterocycles. The Labute approximate surface area is 96.8 Å². The topological polar surface area (TPSA) is 26.0 Å². The van der Waals surface area contributed by atoms with E-state index in [-0.39, 0.29) is 0 Å². The van der Waals surface area contributed by atoms with Gasteiger partial charge in [-0.1, -0.05) is 65.7 Å². The quantitative estimate of drug-likeness (QED) is 0.573. The molecule has 2 atom stereocenters. The first-order valence-corrected chi connectivity index (χ1v) is 6.94. The van der Waals surface area contributed by atoms with Gasteiger partial charge < -0.3 is 5.73 Å². The van der Waals surface area contributed by atoms with E-state index in [1.54, 1.807) is 0 Å². The molecule has 0 saturated heterocycles. The SMILES string of the molecule is CCCC[C@@H](CCN)CC[C@@H](C)CCC. The molecule has 0 amide bonds. The molecule has 92 valence electrons. The minimum atomic E-state index is 0.872. The fourth-order valence-corrected chi connectivity index (χ4v) is 2.32. The van der Waals surface area contributed by atoms with Gasteiger partial charge in [-0.05, 0) is 24.8 Å². The lowest BCUT2D eigenvalue weighted by Gasteiger charge is -2.18. The van der Waals surface area contributed by atoms with E-state index < -0.39 is 0 Å². The molecule has 0 saturated carbocycles. The van der Waals surface area contributed by atoms with Crippen molar-refractivity contribution in [2.24, 2.45) is 17.6 Å². The van der Waals surface area contributed by atoms with E-state index in [0.29, 0.717) is 0 Å². The molecule has 0 aromatic rings. The van der Waals surface area contributed by atoms with Crippen molar-refractivity contribution >= 4 is 0 Å². The first-order valence-electron chi connectivity index (χ1n) is 6.94. The molecule has 1 nitrogen and oxygen atoms in total. The molecule has 2 N–H and O–H groups in total. The normalized spacial score (nSPS) is 15.2. The van der Waals surface area contributed by atoms with Crippen LogP contribution in [0.5, 0.6) is 0 Å². The third-order valence-corrected chi connectivity index (χ3v) is 3.39. The van der Waals surface area contributed by atoms with Crippen molar-refractivity contribution in [1.29, 1.82) is 0 Å². The molecule has 1 heteroatoms. The van der Waals surface area contributed by atoms with E-state index in [1.165, 1.54) is 51.4 Å². The van der Waals surface area contributed by atoms with Gasteiger partial charge in [0.25, 0.3) is 0 Å². The van der Waals surface area contributed by atoms with Gasteiger partial charge in [0, 0.05) is 0 Å². The van der Waals surface area contributed by atoms with E-state index >= 15 is 0 Å². The van der Waals surface area contributed by atoms with Crippen molar-refractivity contribution < 1.29 is 0 Å². The Bertz CT molecular complexity index is 123. The number of hydrogen-bond donors (Lipinski definition) is 1. The lowest BCUT2D eigenvalue weighted by atomic mass is 9.89. The molecule has 0 bridgehead atoms. The van der Waals surface area contributed by atoms with Crippen molar-refractivity contribution in [3.05, 3.63) is 0 Å². The fourth-order valence-electron chi connectivity index (χ4n) is 2.32. The highest BCUT2D eigenvalue weighted by Crippen LogP contribution is 2.22. The predicted octanol–water partition coefficient (Wildman–Crippen LogP) is 4.36. The van der Waals surface area contributed by atoms with Gasteiger partial charge in [-0.15, -0.1) is 0 Å². The number of rotatable bonds is 10. The lowest BCUT2D eigenvalue weighted by molar-refractivity contribution is 0.355. The number of unbranched alkanes of at least 4 members (excludes halogenated alkanes) is 1. The van der Waals surface area contributed by atoms with Crippen LogP contribution in [-0.2, 0) is 0 Å². The van der Waals surface area contributed by atoms with Crippen LogP contribution >= 0.6 is 0 Å². The van der Waals surface area contributed by atoms with Crippen LogP contribution < -0.4 is 5.73 Å². The Balaban J connectivity index is 3.63. The summed E-state index contributed by atoms with van der Waals surface area (Å²) in [6.45, 7) is 7.82. The van der Waals surface area contributed by atoms with Crippen LogP contribution in [0.1, 0.15) is 72.1 Å². The molecule has 0 radical (unpaired) electrons. The third kappa shape index (κ3) is 8.92. The molecular formula is C14H31N. The maximum absolute atomic E-state index is 5.67. The predicted molar refractivity (Wildman–Crippen MR) is 70.0 cm³/mol. The zero-order valence-corrected chi connectivity index (χ0v) is 11.1. The molecule has 0 aliphatic rings. The minimum absolute atomic E-state index is 0.872. The van der Waals surface area contributed by atoms with Crippen LogP contribution in [0.3, 0.4) is 0 Å². The average Bonchev–Trinajstić information content (AvgIpc) is 2.22. The van der Waals surface area contributed by atoms with Gasteiger partial charge in [0.15, 0.2) is 0 Å². The molecule has 0 heterocycles. The van der Waals surface area contributed by atoms with Crippen molar-refractivity contribution in [3.63, 3.8) is 0 Å². The second-order valence-corrected chi connectivity index (χ2v) is 5.06. The summed E-state index contributed by atoms with van der Waals surface area (Å²) in [5.41, 5.74) is 5.67. The highest BCUT2D eigenvalue weighted by molar-refractivity contribution is 4.63. The monoisotopic (exact) mass is 213 g/mol. The maximum atomic E-state index is 5.67. The van der Waals surface area contributed by atoms with E-state index in [9.17, 15) is 0 Å². The van der Waals surface area contributed by atoms with Gasteiger partial charge in [0.05, 0.1) is 0 Å². The smallest absolute Gasteiger partial charge is 0.00746 e. The number of nitrogens with two attached hydrogens (primary N) is 1. The molecule has 0 rings (SSSR count). The summed E-state index contributed by atoms with van der Waals surface area (Å²) in [7, 11) is 0. The molecule has 0 aliphatic carbocycles. The summed E-state index contributed by atoms with van der Waals surface area (Å²) in [6, 6.07) is 0. The van der Waals surface area contributed by atoms with Crippen LogP contribution in [0.15, 0.2) is 0 Å². The summed E-state index contributed by atoms with van der Waals surface area (Å²) >= 11 is 0. The summed E-state index contributed by atoms with van der Waals surface area (Å²) in [5.74, 6) is 1.81. The largest absolute Gasteiger partial charge is 0.330 e. The van der Waals surface area contributed by atoms with Gasteiger partial charge in [-0.2, -0.15) is 0 Å². The molecule has 0 aromatic carbocycles. The fraction of sp³-hybridized carbons (Fsp3) is 1.00. The summed E-state index contributed by atoms with van der Waals surface area (Å²) in [4.78, 5) is 0. The third-order valence-electron chi connectivity index (χ3n) is 3.39.